The average molecular weight is 462 g/mol. The first-order chi connectivity index (χ1) is 16.0. The number of fused-ring (bicyclic) bond motifs is 1. The third kappa shape index (κ3) is 4.22. The first-order valence-electron chi connectivity index (χ1n) is 10.2. The van der Waals surface area contributed by atoms with E-state index in [1.54, 1.807) is 55.6 Å². The van der Waals surface area contributed by atoms with Crippen LogP contribution in [0.25, 0.3) is 16.6 Å². The Labute approximate surface area is 191 Å². The molecule has 0 saturated heterocycles. The lowest BCUT2D eigenvalue weighted by Crippen LogP contribution is -2.21. The number of para-hydroxylation sites is 1. The third-order valence-corrected chi connectivity index (χ3v) is 5.94. The van der Waals surface area contributed by atoms with Gasteiger partial charge in [0.15, 0.2) is 10.3 Å². The molecule has 4 aromatic rings. The molecule has 0 aliphatic heterocycles. The number of nitro groups is 1. The van der Waals surface area contributed by atoms with Gasteiger partial charge in [0.25, 0.3) is 5.56 Å². The first-order valence-corrected chi connectivity index (χ1v) is 11.0. The van der Waals surface area contributed by atoms with Crippen LogP contribution in [0.1, 0.15) is 12.8 Å². The molecule has 1 aliphatic carbocycles. The molecule has 0 atom stereocenters. The minimum absolute atomic E-state index is 0.163. The van der Waals surface area contributed by atoms with Crippen molar-refractivity contribution in [3.63, 3.8) is 0 Å². The molecule has 11 heteroatoms. The zero-order valence-electron chi connectivity index (χ0n) is 17.5. The Morgan fingerprint density at radius 2 is 2.00 bits per heavy atom. The molecule has 166 valence electrons. The molecule has 2 heterocycles. The first kappa shape index (κ1) is 20.9. The molecule has 0 bridgehead atoms. The van der Waals surface area contributed by atoms with E-state index in [4.69, 9.17) is 4.74 Å². The summed E-state index contributed by atoms with van der Waals surface area (Å²) in [5.41, 5.74) is 0.651. The lowest BCUT2D eigenvalue weighted by Gasteiger charge is -2.14. The summed E-state index contributed by atoms with van der Waals surface area (Å²) in [5, 5.41) is 15.5. The van der Waals surface area contributed by atoms with Crippen molar-refractivity contribution in [2.45, 2.75) is 29.2 Å². The van der Waals surface area contributed by atoms with Crippen molar-refractivity contribution in [3.05, 3.63) is 75.2 Å². The zero-order valence-corrected chi connectivity index (χ0v) is 18.3. The minimum Gasteiger partial charge on any atom is -0.497 e. The van der Waals surface area contributed by atoms with Crippen LogP contribution < -0.4 is 15.6 Å². The van der Waals surface area contributed by atoms with Crippen LogP contribution in [0.2, 0.25) is 0 Å². The second-order valence-electron chi connectivity index (χ2n) is 7.42. The molecule has 33 heavy (non-hydrogen) atoms. The Morgan fingerprint density at radius 3 is 2.76 bits per heavy atom. The zero-order chi connectivity index (χ0) is 22.9. The highest BCUT2D eigenvalue weighted by molar-refractivity contribution is 7.99. The van der Waals surface area contributed by atoms with E-state index in [-0.39, 0.29) is 28.3 Å². The Bertz CT molecular complexity index is 1440. The fraction of sp³-hybridized carbons (Fsp3) is 0.182. The van der Waals surface area contributed by atoms with E-state index in [9.17, 15) is 14.9 Å². The molecule has 1 fully saturated rings. The lowest BCUT2D eigenvalue weighted by molar-refractivity contribution is -0.384. The van der Waals surface area contributed by atoms with Crippen LogP contribution in [0.4, 0.5) is 11.5 Å². The second kappa shape index (κ2) is 8.51. The predicted octanol–water partition coefficient (Wildman–Crippen LogP) is 3.82. The molecular weight excluding hydrogens is 444 g/mol. The summed E-state index contributed by atoms with van der Waals surface area (Å²) in [6.07, 6.45) is 3.05. The van der Waals surface area contributed by atoms with Crippen molar-refractivity contribution in [3.8, 4) is 11.4 Å². The van der Waals surface area contributed by atoms with Gasteiger partial charge in [-0.25, -0.2) is 9.97 Å². The van der Waals surface area contributed by atoms with Crippen LogP contribution in [0.5, 0.6) is 5.75 Å². The van der Waals surface area contributed by atoms with Gasteiger partial charge in [-0.2, -0.15) is 4.98 Å². The maximum Gasteiger partial charge on any atom is 0.329 e. The normalized spacial score (nSPS) is 13.1. The molecule has 1 saturated carbocycles. The number of rotatable bonds is 7. The van der Waals surface area contributed by atoms with E-state index in [2.05, 4.69) is 20.3 Å². The highest BCUT2D eigenvalue weighted by atomic mass is 32.2. The van der Waals surface area contributed by atoms with Gasteiger partial charge in [0, 0.05) is 12.1 Å². The van der Waals surface area contributed by atoms with Gasteiger partial charge in [0.05, 0.1) is 28.6 Å². The van der Waals surface area contributed by atoms with E-state index < -0.39 is 4.92 Å². The topological polar surface area (TPSA) is 125 Å². The molecule has 0 radical (unpaired) electrons. The van der Waals surface area contributed by atoms with Crippen molar-refractivity contribution < 1.29 is 9.66 Å². The number of methoxy groups -OCH3 is 1. The van der Waals surface area contributed by atoms with Gasteiger partial charge in [-0.05, 0) is 48.9 Å². The number of nitrogens with one attached hydrogen (secondary N) is 1. The summed E-state index contributed by atoms with van der Waals surface area (Å²) >= 11 is 1.06. The van der Waals surface area contributed by atoms with Crippen molar-refractivity contribution in [2.24, 2.45) is 0 Å². The van der Waals surface area contributed by atoms with E-state index in [0.29, 0.717) is 27.5 Å². The Kier molecular flexibility index (Phi) is 5.38. The number of ether oxygens (including phenoxy) is 1. The standard InChI is InChI=1S/C22H18N6O4S/c1-32-15-6-4-5-14(11-15)27-20(29)16-7-2-3-8-17(16)25-22(27)33-21-23-12-18(28(30)31)19(26-21)24-13-9-10-13/h2-8,11-13H,9-10H2,1H3,(H,23,24,26). The summed E-state index contributed by atoms with van der Waals surface area (Å²) in [7, 11) is 1.55. The van der Waals surface area contributed by atoms with Gasteiger partial charge in [-0.3, -0.25) is 19.5 Å². The highest BCUT2D eigenvalue weighted by Crippen LogP contribution is 2.32. The van der Waals surface area contributed by atoms with Gasteiger partial charge in [-0.15, -0.1) is 0 Å². The van der Waals surface area contributed by atoms with Crippen LogP contribution in [-0.2, 0) is 0 Å². The molecule has 0 unspecified atom stereocenters. The van der Waals surface area contributed by atoms with Crippen molar-refractivity contribution >= 4 is 34.2 Å². The fourth-order valence-corrected chi connectivity index (χ4v) is 4.14. The van der Waals surface area contributed by atoms with Crippen LogP contribution in [0.3, 0.4) is 0 Å². The van der Waals surface area contributed by atoms with Crippen LogP contribution >= 0.6 is 11.8 Å². The molecule has 5 rings (SSSR count). The second-order valence-corrected chi connectivity index (χ2v) is 8.35. The van der Waals surface area contributed by atoms with Gasteiger partial charge in [-0.1, -0.05) is 18.2 Å². The summed E-state index contributed by atoms with van der Waals surface area (Å²) in [5.74, 6) is 0.752. The minimum atomic E-state index is -0.514. The quantitative estimate of drug-likeness (QED) is 0.248. The molecule has 0 spiro atoms. The summed E-state index contributed by atoms with van der Waals surface area (Å²) in [6.45, 7) is 0. The van der Waals surface area contributed by atoms with Crippen LogP contribution in [-0.4, -0.2) is 37.6 Å². The number of hydrogen-bond donors (Lipinski definition) is 1. The van der Waals surface area contributed by atoms with Gasteiger partial charge in [0.1, 0.15) is 11.9 Å². The smallest absolute Gasteiger partial charge is 0.329 e. The number of anilines is 1. The summed E-state index contributed by atoms with van der Waals surface area (Å²) in [4.78, 5) is 37.5. The lowest BCUT2D eigenvalue weighted by atomic mass is 10.2. The molecule has 2 aromatic carbocycles. The third-order valence-electron chi connectivity index (χ3n) is 5.10. The summed E-state index contributed by atoms with van der Waals surface area (Å²) < 4.78 is 6.78. The van der Waals surface area contributed by atoms with E-state index >= 15 is 0 Å². The molecular formula is C22H18N6O4S. The van der Waals surface area contributed by atoms with Gasteiger partial charge >= 0.3 is 5.69 Å². The Morgan fingerprint density at radius 1 is 1.18 bits per heavy atom. The van der Waals surface area contributed by atoms with Crippen molar-refractivity contribution in [1.29, 1.82) is 0 Å². The predicted molar refractivity (Wildman–Crippen MR) is 123 cm³/mol. The molecule has 1 N–H and O–H groups in total. The van der Waals surface area contributed by atoms with E-state index in [0.717, 1.165) is 24.6 Å². The maximum atomic E-state index is 13.4. The maximum absolute atomic E-state index is 13.4. The molecule has 1 aliphatic rings. The number of nitrogens with zero attached hydrogens (tertiary/aromatic N) is 5. The fourth-order valence-electron chi connectivity index (χ4n) is 3.31. The molecule has 10 nitrogen and oxygen atoms in total. The molecule has 2 aromatic heterocycles. The monoisotopic (exact) mass is 462 g/mol. The van der Waals surface area contributed by atoms with Gasteiger partial charge in [0.2, 0.25) is 5.82 Å². The van der Waals surface area contributed by atoms with Crippen molar-refractivity contribution in [1.82, 2.24) is 19.5 Å². The molecule has 0 amide bonds. The SMILES string of the molecule is COc1cccc(-n2c(Sc3ncc([N+](=O)[O-])c(NC4CC4)n3)nc3ccccc3c2=O)c1. The van der Waals surface area contributed by atoms with Crippen molar-refractivity contribution in [2.75, 3.05) is 12.4 Å². The number of benzene rings is 2. The van der Waals surface area contributed by atoms with E-state index in [1.807, 2.05) is 0 Å². The highest BCUT2D eigenvalue weighted by Gasteiger charge is 2.27. The average Bonchev–Trinajstić information content (AvgIpc) is 3.63. The Balaban J connectivity index is 1.64. The summed E-state index contributed by atoms with van der Waals surface area (Å²) in [6, 6.07) is 14.3. The number of aromatic nitrogens is 4. The largest absolute Gasteiger partial charge is 0.497 e. The van der Waals surface area contributed by atoms with Crippen LogP contribution in [0.15, 0.2) is 69.8 Å². The van der Waals surface area contributed by atoms with Crippen LogP contribution in [0, 0.1) is 10.1 Å². The van der Waals surface area contributed by atoms with E-state index in [1.165, 1.54) is 10.8 Å². The van der Waals surface area contributed by atoms with Gasteiger partial charge < -0.3 is 10.1 Å². The Hall–Kier alpha value is -3.99. The number of hydrogen-bond acceptors (Lipinski definition) is 9.